The summed E-state index contributed by atoms with van der Waals surface area (Å²) < 4.78 is 29.4. The van der Waals surface area contributed by atoms with Gasteiger partial charge in [-0.25, -0.2) is 8.42 Å². The lowest BCUT2D eigenvalue weighted by Gasteiger charge is -2.34. The summed E-state index contributed by atoms with van der Waals surface area (Å²) in [5, 5.41) is 3.01. The van der Waals surface area contributed by atoms with E-state index in [1.165, 1.54) is 4.31 Å². The van der Waals surface area contributed by atoms with E-state index in [2.05, 4.69) is 5.32 Å². The molecule has 0 saturated heterocycles. The van der Waals surface area contributed by atoms with Crippen LogP contribution in [0.4, 0.5) is 5.69 Å². The van der Waals surface area contributed by atoms with E-state index >= 15 is 0 Å². The number of benzene rings is 3. The van der Waals surface area contributed by atoms with Gasteiger partial charge in [-0.15, -0.1) is 0 Å². The molecule has 0 aliphatic heterocycles. The van der Waals surface area contributed by atoms with Gasteiger partial charge in [0.05, 0.1) is 10.6 Å². The molecule has 0 aliphatic rings. The van der Waals surface area contributed by atoms with Crippen molar-refractivity contribution >= 4 is 27.5 Å². The van der Waals surface area contributed by atoms with Crippen molar-refractivity contribution in [3.8, 4) is 0 Å². The molecule has 8 heteroatoms. The Labute approximate surface area is 245 Å². The van der Waals surface area contributed by atoms with Crippen molar-refractivity contribution in [1.29, 1.82) is 0 Å². The summed E-state index contributed by atoms with van der Waals surface area (Å²) in [7, 11) is -4.09. The second-order valence-electron chi connectivity index (χ2n) is 10.4. The Balaban J connectivity index is 2.04. The molecule has 2 atom stereocenters. The van der Waals surface area contributed by atoms with E-state index in [0.717, 1.165) is 23.1 Å². The maximum atomic E-state index is 14.2. The van der Waals surface area contributed by atoms with Crippen LogP contribution < -0.4 is 9.62 Å². The first kappa shape index (κ1) is 31.9. The number of carbonyl (C=O) groups is 2. The van der Waals surface area contributed by atoms with Crippen LogP contribution in [0.2, 0.25) is 0 Å². The number of carbonyl (C=O) groups excluding carboxylic acids is 2. The number of hydrogen-bond acceptors (Lipinski definition) is 4. The minimum absolute atomic E-state index is 0.0440. The van der Waals surface area contributed by atoms with Gasteiger partial charge in [0, 0.05) is 12.6 Å². The van der Waals surface area contributed by atoms with Crippen LogP contribution in [0.1, 0.15) is 57.2 Å². The lowest BCUT2D eigenvalue weighted by atomic mass is 10.1. The van der Waals surface area contributed by atoms with Crippen LogP contribution in [0.3, 0.4) is 0 Å². The Kier molecular flexibility index (Phi) is 11.5. The largest absolute Gasteiger partial charge is 0.352 e. The van der Waals surface area contributed by atoms with E-state index in [1.54, 1.807) is 41.3 Å². The number of rotatable bonds is 14. The normalized spacial score (nSPS) is 12.8. The van der Waals surface area contributed by atoms with Crippen LogP contribution in [0, 0.1) is 6.92 Å². The molecule has 0 aliphatic carbocycles. The first-order valence-electron chi connectivity index (χ1n) is 14.4. The minimum Gasteiger partial charge on any atom is -0.352 e. The van der Waals surface area contributed by atoms with Gasteiger partial charge in [-0.2, -0.15) is 0 Å². The second kappa shape index (κ2) is 14.8. The number of nitrogens with one attached hydrogen (secondary N) is 1. The third-order valence-corrected chi connectivity index (χ3v) is 9.17. The molecule has 2 amide bonds. The summed E-state index contributed by atoms with van der Waals surface area (Å²) in [6, 6.07) is 22.9. The molecule has 3 aromatic rings. The average molecular weight is 578 g/mol. The summed E-state index contributed by atoms with van der Waals surface area (Å²) in [6.07, 6.45) is 2.29. The zero-order chi connectivity index (χ0) is 30.0. The Morgan fingerprint density at radius 3 is 2.10 bits per heavy atom. The molecule has 0 radical (unpaired) electrons. The van der Waals surface area contributed by atoms with Gasteiger partial charge >= 0.3 is 0 Å². The van der Waals surface area contributed by atoms with Crippen molar-refractivity contribution in [2.24, 2.45) is 0 Å². The summed E-state index contributed by atoms with van der Waals surface area (Å²) in [5.41, 5.74) is 3.24. The van der Waals surface area contributed by atoms with Crippen molar-refractivity contribution in [2.45, 2.75) is 77.3 Å². The van der Waals surface area contributed by atoms with Gasteiger partial charge in [0.25, 0.3) is 10.0 Å². The van der Waals surface area contributed by atoms with Gasteiger partial charge in [0.1, 0.15) is 12.6 Å². The lowest BCUT2D eigenvalue weighted by molar-refractivity contribution is -0.139. The molecule has 7 nitrogen and oxygen atoms in total. The number of anilines is 1. The van der Waals surface area contributed by atoms with E-state index in [0.29, 0.717) is 24.9 Å². The lowest BCUT2D eigenvalue weighted by Crippen LogP contribution is -2.54. The molecule has 0 aromatic heterocycles. The van der Waals surface area contributed by atoms with Crippen LogP contribution in [-0.4, -0.2) is 50.3 Å². The first-order valence-corrected chi connectivity index (χ1v) is 15.9. The van der Waals surface area contributed by atoms with E-state index in [-0.39, 0.29) is 23.4 Å². The first-order chi connectivity index (χ1) is 19.6. The van der Waals surface area contributed by atoms with Crippen molar-refractivity contribution in [1.82, 2.24) is 10.2 Å². The number of nitrogens with zero attached hydrogens (tertiary/aromatic N) is 2. The predicted molar refractivity (Wildman–Crippen MR) is 165 cm³/mol. The zero-order valence-corrected chi connectivity index (χ0v) is 25.7. The fourth-order valence-corrected chi connectivity index (χ4v) is 6.19. The van der Waals surface area contributed by atoms with Crippen molar-refractivity contribution in [3.05, 3.63) is 95.6 Å². The number of para-hydroxylation sites is 1. The van der Waals surface area contributed by atoms with Crippen molar-refractivity contribution < 1.29 is 18.0 Å². The number of hydrogen-bond donors (Lipinski definition) is 1. The smallest absolute Gasteiger partial charge is 0.264 e. The zero-order valence-electron chi connectivity index (χ0n) is 24.8. The highest BCUT2D eigenvalue weighted by Gasteiger charge is 2.34. The summed E-state index contributed by atoms with van der Waals surface area (Å²) in [6.45, 7) is 9.50. The maximum Gasteiger partial charge on any atom is 0.264 e. The van der Waals surface area contributed by atoms with Crippen LogP contribution in [0.5, 0.6) is 0 Å². The molecule has 0 spiro atoms. The molecule has 220 valence electrons. The molecule has 3 aromatic carbocycles. The van der Waals surface area contributed by atoms with Gasteiger partial charge in [0.15, 0.2) is 0 Å². The quantitative estimate of drug-likeness (QED) is 0.274. The molecule has 1 N–H and O–H groups in total. The maximum absolute atomic E-state index is 14.2. The molecule has 0 bridgehead atoms. The Morgan fingerprint density at radius 1 is 0.854 bits per heavy atom. The Hall–Kier alpha value is -3.65. The highest BCUT2D eigenvalue weighted by molar-refractivity contribution is 7.92. The van der Waals surface area contributed by atoms with E-state index in [4.69, 9.17) is 0 Å². The third-order valence-electron chi connectivity index (χ3n) is 7.40. The molecule has 0 saturated carbocycles. The van der Waals surface area contributed by atoms with Gasteiger partial charge in [-0.05, 0) is 68.9 Å². The summed E-state index contributed by atoms with van der Waals surface area (Å²) in [4.78, 5) is 29.2. The molecule has 0 fully saturated rings. The standard InChI is InChI=1S/C33H43N3O4S/c1-6-26(5)34-33(38)30(8-3)35(23-22-27-14-10-9-11-15-27)32(37)24-36(31-17-13-12-16-28(31)7-2)41(39,40)29-20-18-25(4)19-21-29/h9-21,26,30H,6-8,22-24H2,1-5H3,(H,34,38)/t26-,30-/m0/s1. The van der Waals surface area contributed by atoms with Crippen LogP contribution >= 0.6 is 0 Å². The molecule has 3 rings (SSSR count). The summed E-state index contributed by atoms with van der Waals surface area (Å²) in [5.74, 6) is -0.654. The van der Waals surface area contributed by atoms with Gasteiger partial charge < -0.3 is 10.2 Å². The van der Waals surface area contributed by atoms with Crippen LogP contribution in [-0.2, 0) is 32.5 Å². The number of amides is 2. The van der Waals surface area contributed by atoms with Crippen LogP contribution in [0.15, 0.2) is 83.8 Å². The number of aryl methyl sites for hydroxylation is 2. The summed E-state index contributed by atoms with van der Waals surface area (Å²) >= 11 is 0. The molecule has 41 heavy (non-hydrogen) atoms. The van der Waals surface area contributed by atoms with Crippen molar-refractivity contribution in [2.75, 3.05) is 17.4 Å². The number of sulfonamides is 1. The third kappa shape index (κ3) is 8.19. The average Bonchev–Trinajstić information content (AvgIpc) is 2.98. The Bertz CT molecular complexity index is 1390. The fourth-order valence-electron chi connectivity index (χ4n) is 4.74. The molecular formula is C33H43N3O4S. The van der Waals surface area contributed by atoms with E-state index < -0.39 is 28.5 Å². The monoisotopic (exact) mass is 577 g/mol. The van der Waals surface area contributed by atoms with Gasteiger partial charge in [-0.3, -0.25) is 13.9 Å². The van der Waals surface area contributed by atoms with E-state index in [9.17, 15) is 18.0 Å². The predicted octanol–water partition coefficient (Wildman–Crippen LogP) is 5.52. The highest BCUT2D eigenvalue weighted by atomic mass is 32.2. The molecule has 0 heterocycles. The fraction of sp³-hybridized carbons (Fsp3) is 0.394. The molecular weight excluding hydrogens is 534 g/mol. The SMILES string of the molecule is CCc1ccccc1N(CC(=O)N(CCc1ccccc1)[C@@H](CC)C(=O)N[C@@H](C)CC)S(=O)(=O)c1ccc(C)cc1. The second-order valence-corrected chi connectivity index (χ2v) is 12.2. The topological polar surface area (TPSA) is 86.8 Å². The van der Waals surface area contributed by atoms with Crippen LogP contribution in [0.25, 0.3) is 0 Å². The Morgan fingerprint density at radius 2 is 1.49 bits per heavy atom. The van der Waals surface area contributed by atoms with Gasteiger partial charge in [0.2, 0.25) is 11.8 Å². The van der Waals surface area contributed by atoms with Crippen molar-refractivity contribution in [3.63, 3.8) is 0 Å². The van der Waals surface area contributed by atoms with Gasteiger partial charge in [-0.1, -0.05) is 87.0 Å². The highest BCUT2D eigenvalue weighted by Crippen LogP contribution is 2.28. The molecule has 0 unspecified atom stereocenters. The minimum atomic E-state index is -4.09. The van der Waals surface area contributed by atoms with E-state index in [1.807, 2.05) is 77.1 Å².